The number of nitrogens with zero attached hydrogens (tertiary/aromatic N) is 2. The Morgan fingerprint density at radius 2 is 1.74 bits per heavy atom. The molecule has 0 aliphatic carbocycles. The molecule has 2 aliphatic heterocycles. The van der Waals surface area contributed by atoms with Crippen LogP contribution in [-0.4, -0.2) is 31.1 Å². The van der Waals surface area contributed by atoms with Gasteiger partial charge < -0.3 is 10.2 Å². The molecule has 2 aliphatic rings. The minimum atomic E-state index is 0.805. The molecular weight excluding hydrogens is 306 g/mol. The van der Waals surface area contributed by atoms with Crippen molar-refractivity contribution in [3.8, 4) is 0 Å². The fraction of sp³-hybridized carbons (Fsp3) is 0.368. The molecule has 2 aromatic rings. The Hall–Kier alpha value is -1.55. The molecule has 0 radical (unpaired) electrons. The first-order chi connectivity index (χ1) is 11.3. The fourth-order valence-corrected chi connectivity index (χ4v) is 3.76. The van der Waals surface area contributed by atoms with Gasteiger partial charge in [0.25, 0.3) is 0 Å². The van der Waals surface area contributed by atoms with Gasteiger partial charge in [0.15, 0.2) is 0 Å². The van der Waals surface area contributed by atoms with E-state index in [1.54, 1.807) is 0 Å². The number of anilines is 1. The summed E-state index contributed by atoms with van der Waals surface area (Å²) >= 11 is 5.98. The van der Waals surface area contributed by atoms with E-state index in [0.717, 1.165) is 50.8 Å². The molecule has 1 saturated heterocycles. The van der Waals surface area contributed by atoms with Crippen LogP contribution in [0.3, 0.4) is 0 Å². The Morgan fingerprint density at radius 1 is 0.957 bits per heavy atom. The van der Waals surface area contributed by atoms with E-state index in [9.17, 15) is 0 Å². The van der Waals surface area contributed by atoms with Gasteiger partial charge in [0.2, 0.25) is 0 Å². The third-order valence-corrected chi connectivity index (χ3v) is 5.05. The average molecular weight is 328 g/mol. The summed E-state index contributed by atoms with van der Waals surface area (Å²) in [6.07, 6.45) is 0. The van der Waals surface area contributed by atoms with Crippen LogP contribution in [-0.2, 0) is 19.6 Å². The van der Waals surface area contributed by atoms with Crippen molar-refractivity contribution in [1.29, 1.82) is 0 Å². The summed E-state index contributed by atoms with van der Waals surface area (Å²) in [5.41, 5.74) is 5.76. The first kappa shape index (κ1) is 15.0. The van der Waals surface area contributed by atoms with Crippen LogP contribution in [0.4, 0.5) is 5.69 Å². The number of benzene rings is 2. The van der Waals surface area contributed by atoms with E-state index in [2.05, 4.69) is 45.4 Å². The molecule has 0 unspecified atom stereocenters. The highest BCUT2D eigenvalue weighted by atomic mass is 35.5. The standard InChI is InChI=1S/C19H22ClN3/c20-17-6-4-15(5-7-17)12-22-13-16-2-1-3-19(18(16)14-22)23-10-8-21-9-11-23/h1-7,21H,8-14H2. The Morgan fingerprint density at radius 3 is 2.52 bits per heavy atom. The highest BCUT2D eigenvalue weighted by Crippen LogP contribution is 2.32. The number of nitrogens with one attached hydrogen (secondary N) is 1. The lowest BCUT2D eigenvalue weighted by molar-refractivity contribution is 0.275. The third-order valence-electron chi connectivity index (χ3n) is 4.80. The van der Waals surface area contributed by atoms with Crippen LogP contribution in [0.1, 0.15) is 16.7 Å². The van der Waals surface area contributed by atoms with Crippen LogP contribution in [0.5, 0.6) is 0 Å². The van der Waals surface area contributed by atoms with Crippen LogP contribution in [0.25, 0.3) is 0 Å². The van der Waals surface area contributed by atoms with Gasteiger partial charge in [-0.05, 0) is 34.9 Å². The third kappa shape index (κ3) is 3.23. The lowest BCUT2D eigenvalue weighted by Gasteiger charge is -2.31. The molecule has 1 N–H and O–H groups in total. The summed E-state index contributed by atoms with van der Waals surface area (Å²) in [7, 11) is 0. The second-order valence-electron chi connectivity index (χ2n) is 6.42. The van der Waals surface area contributed by atoms with Crippen molar-refractivity contribution in [1.82, 2.24) is 10.2 Å². The fourth-order valence-electron chi connectivity index (χ4n) is 3.63. The Balaban J connectivity index is 1.51. The maximum atomic E-state index is 5.98. The van der Waals surface area contributed by atoms with Gasteiger partial charge in [-0.15, -0.1) is 0 Å². The van der Waals surface area contributed by atoms with Crippen LogP contribution >= 0.6 is 11.6 Å². The highest BCUT2D eigenvalue weighted by molar-refractivity contribution is 6.30. The number of hydrogen-bond donors (Lipinski definition) is 1. The molecule has 3 nitrogen and oxygen atoms in total. The Bertz CT molecular complexity index is 678. The number of piperazine rings is 1. The van der Waals surface area contributed by atoms with E-state index < -0.39 is 0 Å². The van der Waals surface area contributed by atoms with Gasteiger partial charge in [-0.3, -0.25) is 4.90 Å². The van der Waals surface area contributed by atoms with Crippen molar-refractivity contribution in [2.24, 2.45) is 0 Å². The zero-order valence-corrected chi connectivity index (χ0v) is 14.0. The monoisotopic (exact) mass is 327 g/mol. The topological polar surface area (TPSA) is 18.5 Å². The smallest absolute Gasteiger partial charge is 0.0416 e. The predicted octanol–water partition coefficient (Wildman–Crippen LogP) is 3.27. The number of fused-ring (bicyclic) bond motifs is 1. The van der Waals surface area contributed by atoms with Crippen LogP contribution in [0.15, 0.2) is 42.5 Å². The molecule has 2 heterocycles. The summed E-state index contributed by atoms with van der Waals surface area (Å²) in [6.45, 7) is 7.43. The summed E-state index contributed by atoms with van der Waals surface area (Å²) in [5.74, 6) is 0. The van der Waals surface area contributed by atoms with Crippen LogP contribution in [0, 0.1) is 0 Å². The zero-order valence-electron chi connectivity index (χ0n) is 13.3. The molecule has 2 aromatic carbocycles. The molecule has 0 spiro atoms. The molecular formula is C19H22ClN3. The van der Waals surface area contributed by atoms with E-state index in [-0.39, 0.29) is 0 Å². The Labute approximate surface area is 142 Å². The van der Waals surface area contributed by atoms with Crippen LogP contribution in [0.2, 0.25) is 5.02 Å². The van der Waals surface area contributed by atoms with Crippen LogP contribution < -0.4 is 10.2 Å². The zero-order chi connectivity index (χ0) is 15.6. The maximum Gasteiger partial charge on any atom is 0.0416 e. The van der Waals surface area contributed by atoms with Gasteiger partial charge in [0.1, 0.15) is 0 Å². The van der Waals surface area contributed by atoms with Crippen molar-refractivity contribution in [3.63, 3.8) is 0 Å². The predicted molar refractivity (Wildman–Crippen MR) is 95.9 cm³/mol. The van der Waals surface area contributed by atoms with Crippen molar-refractivity contribution in [3.05, 3.63) is 64.2 Å². The summed E-state index contributed by atoms with van der Waals surface area (Å²) in [4.78, 5) is 5.04. The molecule has 23 heavy (non-hydrogen) atoms. The van der Waals surface area contributed by atoms with E-state index in [4.69, 9.17) is 11.6 Å². The van der Waals surface area contributed by atoms with Crippen molar-refractivity contribution in [2.75, 3.05) is 31.1 Å². The van der Waals surface area contributed by atoms with Gasteiger partial charge in [0.05, 0.1) is 0 Å². The average Bonchev–Trinajstić information content (AvgIpc) is 3.00. The van der Waals surface area contributed by atoms with Crippen molar-refractivity contribution >= 4 is 17.3 Å². The SMILES string of the molecule is Clc1ccc(CN2Cc3cccc(N4CCNCC4)c3C2)cc1. The van der Waals surface area contributed by atoms with E-state index in [1.807, 2.05) is 12.1 Å². The molecule has 0 atom stereocenters. The van der Waals surface area contributed by atoms with Crippen molar-refractivity contribution < 1.29 is 0 Å². The number of halogens is 1. The van der Waals surface area contributed by atoms with Gasteiger partial charge in [-0.25, -0.2) is 0 Å². The van der Waals surface area contributed by atoms with Gasteiger partial charge in [0, 0.05) is 56.5 Å². The van der Waals surface area contributed by atoms with Crippen molar-refractivity contribution in [2.45, 2.75) is 19.6 Å². The molecule has 1 fully saturated rings. The van der Waals surface area contributed by atoms with Gasteiger partial charge in [-0.1, -0.05) is 35.9 Å². The van der Waals surface area contributed by atoms with E-state index >= 15 is 0 Å². The second kappa shape index (κ2) is 6.52. The lowest BCUT2D eigenvalue weighted by atomic mass is 10.1. The molecule has 0 aromatic heterocycles. The first-order valence-electron chi connectivity index (χ1n) is 8.33. The second-order valence-corrected chi connectivity index (χ2v) is 6.86. The minimum absolute atomic E-state index is 0.805. The lowest BCUT2D eigenvalue weighted by Crippen LogP contribution is -2.43. The van der Waals surface area contributed by atoms with E-state index in [1.165, 1.54) is 22.4 Å². The molecule has 4 rings (SSSR count). The quantitative estimate of drug-likeness (QED) is 0.933. The summed E-state index contributed by atoms with van der Waals surface area (Å²) < 4.78 is 0. The summed E-state index contributed by atoms with van der Waals surface area (Å²) in [5, 5.41) is 4.24. The summed E-state index contributed by atoms with van der Waals surface area (Å²) in [6, 6.07) is 15.0. The number of hydrogen-bond acceptors (Lipinski definition) is 3. The normalized spacial score (nSPS) is 18.2. The first-order valence-corrected chi connectivity index (χ1v) is 8.70. The molecule has 4 heteroatoms. The largest absolute Gasteiger partial charge is 0.369 e. The molecule has 0 bridgehead atoms. The highest BCUT2D eigenvalue weighted by Gasteiger charge is 2.24. The maximum absolute atomic E-state index is 5.98. The minimum Gasteiger partial charge on any atom is -0.369 e. The molecule has 120 valence electrons. The Kier molecular flexibility index (Phi) is 4.25. The molecule has 0 saturated carbocycles. The van der Waals surface area contributed by atoms with Gasteiger partial charge >= 0.3 is 0 Å². The van der Waals surface area contributed by atoms with Gasteiger partial charge in [-0.2, -0.15) is 0 Å². The molecule has 0 amide bonds. The van der Waals surface area contributed by atoms with E-state index in [0.29, 0.717) is 0 Å². The number of rotatable bonds is 3.